The molecular formula is C16H27NO3. The SMILES string of the molecule is CCCNC(c1ccc(OC)c(OC)c1)C(CC)OC. The third-order valence-corrected chi connectivity index (χ3v) is 3.46. The maximum absolute atomic E-state index is 5.61. The number of hydrogen-bond donors (Lipinski definition) is 1. The summed E-state index contributed by atoms with van der Waals surface area (Å²) in [6.07, 6.45) is 2.18. The Balaban J connectivity index is 3.05. The van der Waals surface area contributed by atoms with Crippen LogP contribution in [0, 0.1) is 0 Å². The van der Waals surface area contributed by atoms with Crippen LogP contribution in [-0.2, 0) is 4.74 Å². The standard InChI is InChI=1S/C16H27NO3/c1-6-10-17-16(13(7-2)18-3)12-8-9-14(19-4)15(11-12)20-5/h8-9,11,13,16-17H,6-7,10H2,1-5H3. The van der Waals surface area contributed by atoms with Crippen LogP contribution in [-0.4, -0.2) is 34.0 Å². The van der Waals surface area contributed by atoms with E-state index in [2.05, 4.69) is 25.2 Å². The molecule has 1 N–H and O–H groups in total. The summed E-state index contributed by atoms with van der Waals surface area (Å²) in [5, 5.41) is 3.56. The average Bonchev–Trinajstić information content (AvgIpc) is 2.50. The van der Waals surface area contributed by atoms with E-state index in [1.165, 1.54) is 0 Å². The minimum Gasteiger partial charge on any atom is -0.493 e. The van der Waals surface area contributed by atoms with Gasteiger partial charge in [-0.25, -0.2) is 0 Å². The quantitative estimate of drug-likeness (QED) is 0.754. The Bertz CT molecular complexity index is 391. The van der Waals surface area contributed by atoms with Crippen LogP contribution in [0.2, 0.25) is 0 Å². The highest BCUT2D eigenvalue weighted by atomic mass is 16.5. The molecule has 1 aromatic rings. The first kappa shape index (κ1) is 16.8. The van der Waals surface area contributed by atoms with E-state index < -0.39 is 0 Å². The van der Waals surface area contributed by atoms with E-state index in [9.17, 15) is 0 Å². The Hall–Kier alpha value is -1.26. The third kappa shape index (κ3) is 4.12. The zero-order chi connectivity index (χ0) is 15.0. The van der Waals surface area contributed by atoms with Crippen LogP contribution in [0.5, 0.6) is 11.5 Å². The average molecular weight is 281 g/mol. The van der Waals surface area contributed by atoms with Crippen molar-refractivity contribution < 1.29 is 14.2 Å². The highest BCUT2D eigenvalue weighted by Gasteiger charge is 2.22. The van der Waals surface area contributed by atoms with E-state index in [0.29, 0.717) is 0 Å². The first-order valence-corrected chi connectivity index (χ1v) is 7.19. The number of nitrogens with one attached hydrogen (secondary N) is 1. The highest BCUT2D eigenvalue weighted by molar-refractivity contribution is 5.44. The smallest absolute Gasteiger partial charge is 0.161 e. The number of benzene rings is 1. The zero-order valence-corrected chi connectivity index (χ0v) is 13.2. The summed E-state index contributed by atoms with van der Waals surface area (Å²) in [5.41, 5.74) is 1.16. The fourth-order valence-corrected chi connectivity index (χ4v) is 2.35. The van der Waals surface area contributed by atoms with Gasteiger partial charge in [0.05, 0.1) is 26.4 Å². The van der Waals surface area contributed by atoms with Gasteiger partial charge in [0.15, 0.2) is 11.5 Å². The molecule has 1 aromatic carbocycles. The molecule has 4 heteroatoms. The van der Waals surface area contributed by atoms with E-state index >= 15 is 0 Å². The summed E-state index contributed by atoms with van der Waals surface area (Å²) < 4.78 is 16.3. The number of methoxy groups -OCH3 is 3. The van der Waals surface area contributed by atoms with Crippen LogP contribution >= 0.6 is 0 Å². The van der Waals surface area contributed by atoms with Gasteiger partial charge in [-0.05, 0) is 37.1 Å². The highest BCUT2D eigenvalue weighted by Crippen LogP contribution is 2.32. The van der Waals surface area contributed by atoms with Crippen LogP contribution in [0.15, 0.2) is 18.2 Å². The molecule has 0 spiro atoms. The molecular weight excluding hydrogens is 254 g/mol. The van der Waals surface area contributed by atoms with Crippen LogP contribution in [0.1, 0.15) is 38.3 Å². The van der Waals surface area contributed by atoms with E-state index in [1.807, 2.05) is 12.1 Å². The van der Waals surface area contributed by atoms with Crippen molar-refractivity contribution in [1.82, 2.24) is 5.32 Å². The van der Waals surface area contributed by atoms with Crippen molar-refractivity contribution >= 4 is 0 Å². The Morgan fingerprint density at radius 2 is 1.75 bits per heavy atom. The minimum atomic E-state index is 0.139. The van der Waals surface area contributed by atoms with E-state index in [1.54, 1.807) is 21.3 Å². The molecule has 0 aliphatic carbocycles. The van der Waals surface area contributed by atoms with Crippen molar-refractivity contribution in [2.45, 2.75) is 38.8 Å². The molecule has 2 unspecified atom stereocenters. The largest absolute Gasteiger partial charge is 0.493 e. The van der Waals surface area contributed by atoms with E-state index in [0.717, 1.165) is 36.4 Å². The molecule has 20 heavy (non-hydrogen) atoms. The maximum atomic E-state index is 5.61. The van der Waals surface area contributed by atoms with Crippen LogP contribution < -0.4 is 14.8 Å². The fourth-order valence-electron chi connectivity index (χ4n) is 2.35. The van der Waals surface area contributed by atoms with Gasteiger partial charge in [-0.2, -0.15) is 0 Å². The van der Waals surface area contributed by atoms with Gasteiger partial charge >= 0.3 is 0 Å². The Labute approximate surface area is 122 Å². The second kappa shape index (κ2) is 8.82. The zero-order valence-electron chi connectivity index (χ0n) is 13.2. The first-order valence-electron chi connectivity index (χ1n) is 7.19. The number of hydrogen-bond acceptors (Lipinski definition) is 4. The van der Waals surface area contributed by atoms with Gasteiger partial charge in [0.25, 0.3) is 0 Å². The Morgan fingerprint density at radius 1 is 1.05 bits per heavy atom. The molecule has 0 radical (unpaired) electrons. The molecule has 0 amide bonds. The first-order chi connectivity index (χ1) is 9.71. The summed E-state index contributed by atoms with van der Waals surface area (Å²) in [7, 11) is 5.06. The Kier molecular flexibility index (Phi) is 7.41. The summed E-state index contributed by atoms with van der Waals surface area (Å²) in [5.74, 6) is 1.50. The van der Waals surface area contributed by atoms with Crippen molar-refractivity contribution in [3.8, 4) is 11.5 Å². The lowest BCUT2D eigenvalue weighted by Gasteiger charge is -2.27. The lowest BCUT2D eigenvalue weighted by Crippen LogP contribution is -2.33. The van der Waals surface area contributed by atoms with Gasteiger partial charge in [-0.15, -0.1) is 0 Å². The fraction of sp³-hybridized carbons (Fsp3) is 0.625. The Morgan fingerprint density at radius 3 is 2.25 bits per heavy atom. The molecule has 0 fully saturated rings. The van der Waals surface area contributed by atoms with E-state index in [4.69, 9.17) is 14.2 Å². The number of ether oxygens (including phenoxy) is 3. The molecule has 0 bridgehead atoms. The molecule has 0 saturated heterocycles. The van der Waals surface area contributed by atoms with Gasteiger partial charge in [0.2, 0.25) is 0 Å². The van der Waals surface area contributed by atoms with Gasteiger partial charge < -0.3 is 19.5 Å². The monoisotopic (exact) mass is 281 g/mol. The van der Waals surface area contributed by atoms with Gasteiger partial charge in [0.1, 0.15) is 0 Å². The summed E-state index contributed by atoms with van der Waals surface area (Å²) >= 11 is 0. The molecule has 0 saturated carbocycles. The molecule has 0 aromatic heterocycles. The van der Waals surface area contributed by atoms with Crippen molar-refractivity contribution in [2.75, 3.05) is 27.9 Å². The van der Waals surface area contributed by atoms with Crippen LogP contribution in [0.25, 0.3) is 0 Å². The summed E-state index contributed by atoms with van der Waals surface area (Å²) in [6.45, 7) is 5.25. The maximum Gasteiger partial charge on any atom is 0.161 e. The molecule has 0 aliphatic rings. The predicted molar refractivity (Wildman–Crippen MR) is 81.7 cm³/mol. The van der Waals surface area contributed by atoms with Crippen LogP contribution in [0.3, 0.4) is 0 Å². The topological polar surface area (TPSA) is 39.7 Å². The molecule has 1 rings (SSSR count). The van der Waals surface area contributed by atoms with Crippen molar-refractivity contribution in [2.24, 2.45) is 0 Å². The van der Waals surface area contributed by atoms with Crippen LogP contribution in [0.4, 0.5) is 0 Å². The minimum absolute atomic E-state index is 0.139. The molecule has 0 aliphatic heterocycles. The number of rotatable bonds is 9. The second-order valence-electron chi connectivity index (χ2n) is 4.73. The van der Waals surface area contributed by atoms with Gasteiger partial charge in [-0.1, -0.05) is 19.9 Å². The van der Waals surface area contributed by atoms with Crippen molar-refractivity contribution in [3.05, 3.63) is 23.8 Å². The summed E-state index contributed by atoms with van der Waals surface area (Å²) in [4.78, 5) is 0. The molecule has 4 nitrogen and oxygen atoms in total. The molecule has 0 heterocycles. The van der Waals surface area contributed by atoms with Gasteiger partial charge in [0, 0.05) is 7.11 Å². The predicted octanol–water partition coefficient (Wildman–Crippen LogP) is 3.17. The van der Waals surface area contributed by atoms with Gasteiger partial charge in [-0.3, -0.25) is 0 Å². The van der Waals surface area contributed by atoms with E-state index in [-0.39, 0.29) is 12.1 Å². The second-order valence-corrected chi connectivity index (χ2v) is 4.73. The third-order valence-electron chi connectivity index (χ3n) is 3.46. The lowest BCUT2D eigenvalue weighted by molar-refractivity contribution is 0.0650. The normalized spacial score (nSPS) is 13.8. The summed E-state index contributed by atoms with van der Waals surface area (Å²) in [6, 6.07) is 6.19. The molecule has 2 atom stereocenters. The van der Waals surface area contributed by atoms with Crippen molar-refractivity contribution in [3.63, 3.8) is 0 Å². The van der Waals surface area contributed by atoms with Crippen molar-refractivity contribution in [1.29, 1.82) is 0 Å². The lowest BCUT2D eigenvalue weighted by atomic mass is 9.98. The molecule has 114 valence electrons.